The number of nitrogens with zero attached hydrogens (tertiary/aromatic N) is 1. The van der Waals surface area contributed by atoms with Crippen LogP contribution in [0.4, 0.5) is 0 Å². The molecule has 0 aliphatic carbocycles. The molecule has 0 aliphatic rings. The van der Waals surface area contributed by atoms with Crippen molar-refractivity contribution in [1.29, 1.82) is 0 Å². The van der Waals surface area contributed by atoms with Crippen LogP contribution in [0.5, 0.6) is 5.75 Å². The minimum atomic E-state index is -0.462. The maximum Gasteiger partial charge on any atom is 0.119 e. The van der Waals surface area contributed by atoms with E-state index in [-0.39, 0.29) is 0 Å². The fourth-order valence-corrected chi connectivity index (χ4v) is 2.05. The zero-order valence-electron chi connectivity index (χ0n) is 12.7. The van der Waals surface area contributed by atoms with Crippen LogP contribution < -0.4 is 10.5 Å². The highest BCUT2D eigenvalue weighted by Crippen LogP contribution is 2.12. The number of hydrogen-bond acceptors (Lipinski definition) is 4. The summed E-state index contributed by atoms with van der Waals surface area (Å²) < 4.78 is 5.58. The molecule has 0 fully saturated rings. The van der Waals surface area contributed by atoms with Crippen LogP contribution in [0.15, 0.2) is 24.3 Å². The maximum atomic E-state index is 9.95. The Morgan fingerprint density at radius 3 is 2.55 bits per heavy atom. The third kappa shape index (κ3) is 6.89. The second-order valence-electron chi connectivity index (χ2n) is 5.28. The second-order valence-corrected chi connectivity index (χ2v) is 5.28. The van der Waals surface area contributed by atoms with Gasteiger partial charge in [0.25, 0.3) is 0 Å². The molecule has 1 rings (SSSR count). The Morgan fingerprint density at radius 2 is 1.95 bits per heavy atom. The first-order valence-corrected chi connectivity index (χ1v) is 7.44. The summed E-state index contributed by atoms with van der Waals surface area (Å²) in [5.41, 5.74) is 6.62. The number of unbranched alkanes of at least 4 members (excludes halogenated alkanes) is 2. The first-order valence-electron chi connectivity index (χ1n) is 7.44. The second kappa shape index (κ2) is 9.75. The van der Waals surface area contributed by atoms with Gasteiger partial charge in [-0.25, -0.2) is 0 Å². The summed E-state index contributed by atoms with van der Waals surface area (Å²) in [7, 11) is 2.04. The Hall–Kier alpha value is -1.10. The fourth-order valence-electron chi connectivity index (χ4n) is 2.05. The number of nitrogens with two attached hydrogens (primary N) is 1. The predicted octanol–water partition coefficient (Wildman–Crippen LogP) is 2.01. The lowest BCUT2D eigenvalue weighted by atomic mass is 10.2. The van der Waals surface area contributed by atoms with Crippen molar-refractivity contribution in [2.75, 3.05) is 26.7 Å². The van der Waals surface area contributed by atoms with Gasteiger partial charge < -0.3 is 20.5 Å². The zero-order valence-corrected chi connectivity index (χ0v) is 12.7. The molecule has 0 bridgehead atoms. The quantitative estimate of drug-likeness (QED) is 0.644. The molecule has 0 amide bonds. The van der Waals surface area contributed by atoms with Gasteiger partial charge in [0.15, 0.2) is 0 Å². The standard InChI is InChI=1S/C16H28N2O2/c1-3-4-5-10-18(2)12-15(19)13-20-16-8-6-14(11-17)7-9-16/h6-9,15,19H,3-5,10-13,17H2,1-2H3. The average Bonchev–Trinajstić information content (AvgIpc) is 2.46. The molecule has 20 heavy (non-hydrogen) atoms. The van der Waals surface area contributed by atoms with Gasteiger partial charge in [0.1, 0.15) is 18.5 Å². The highest BCUT2D eigenvalue weighted by Gasteiger charge is 2.09. The molecule has 0 aliphatic heterocycles. The Morgan fingerprint density at radius 1 is 1.25 bits per heavy atom. The van der Waals surface area contributed by atoms with Crippen molar-refractivity contribution in [2.45, 2.75) is 38.8 Å². The molecule has 4 heteroatoms. The molecule has 1 aromatic carbocycles. The van der Waals surface area contributed by atoms with Crippen LogP contribution >= 0.6 is 0 Å². The van der Waals surface area contributed by atoms with Crippen LogP contribution in [0.25, 0.3) is 0 Å². The largest absolute Gasteiger partial charge is 0.491 e. The molecule has 3 N–H and O–H groups in total. The number of aliphatic hydroxyl groups is 1. The number of rotatable bonds is 10. The van der Waals surface area contributed by atoms with Gasteiger partial charge in [-0.2, -0.15) is 0 Å². The number of aliphatic hydroxyl groups excluding tert-OH is 1. The number of likely N-dealkylation sites (N-methyl/N-ethyl adjacent to an activating group) is 1. The van der Waals surface area contributed by atoms with Gasteiger partial charge in [0.05, 0.1) is 0 Å². The first kappa shape index (κ1) is 17.0. The van der Waals surface area contributed by atoms with Crippen molar-refractivity contribution in [2.24, 2.45) is 5.73 Å². The molecule has 0 spiro atoms. The van der Waals surface area contributed by atoms with Gasteiger partial charge in [-0.3, -0.25) is 0 Å². The van der Waals surface area contributed by atoms with E-state index < -0.39 is 6.10 Å². The molecule has 0 saturated heterocycles. The minimum absolute atomic E-state index is 0.320. The van der Waals surface area contributed by atoms with Gasteiger partial charge in [-0.05, 0) is 37.7 Å². The average molecular weight is 280 g/mol. The summed E-state index contributed by atoms with van der Waals surface area (Å²) in [5, 5.41) is 9.95. The van der Waals surface area contributed by atoms with Crippen LogP contribution in [0.3, 0.4) is 0 Å². The Bertz CT molecular complexity index is 354. The van der Waals surface area contributed by atoms with Crippen molar-refractivity contribution in [1.82, 2.24) is 4.90 Å². The molecular formula is C16H28N2O2. The van der Waals surface area contributed by atoms with E-state index in [0.29, 0.717) is 19.7 Å². The van der Waals surface area contributed by atoms with Gasteiger partial charge in [0, 0.05) is 13.1 Å². The number of ether oxygens (including phenoxy) is 1. The summed E-state index contributed by atoms with van der Waals surface area (Å²) in [5.74, 6) is 0.773. The molecule has 1 atom stereocenters. The van der Waals surface area contributed by atoms with E-state index in [9.17, 15) is 5.11 Å². The van der Waals surface area contributed by atoms with E-state index in [0.717, 1.165) is 17.9 Å². The van der Waals surface area contributed by atoms with Gasteiger partial charge in [0.2, 0.25) is 0 Å². The highest BCUT2D eigenvalue weighted by molar-refractivity contribution is 5.27. The molecule has 0 saturated carbocycles. The van der Waals surface area contributed by atoms with Gasteiger partial charge in [-0.1, -0.05) is 31.9 Å². The van der Waals surface area contributed by atoms with Crippen molar-refractivity contribution < 1.29 is 9.84 Å². The molecule has 0 heterocycles. The Labute approximate surface area is 122 Å². The normalized spacial score (nSPS) is 12.7. The summed E-state index contributed by atoms with van der Waals surface area (Å²) in [4.78, 5) is 2.15. The van der Waals surface area contributed by atoms with E-state index in [1.54, 1.807) is 0 Å². The highest BCUT2D eigenvalue weighted by atomic mass is 16.5. The predicted molar refractivity (Wildman–Crippen MR) is 82.9 cm³/mol. The van der Waals surface area contributed by atoms with Crippen LogP contribution in [0, 0.1) is 0 Å². The summed E-state index contributed by atoms with van der Waals surface area (Å²) in [6.07, 6.45) is 3.18. The molecule has 0 radical (unpaired) electrons. The van der Waals surface area contributed by atoms with Crippen molar-refractivity contribution in [3.05, 3.63) is 29.8 Å². The third-order valence-corrected chi connectivity index (χ3v) is 3.27. The molecule has 1 unspecified atom stereocenters. The van der Waals surface area contributed by atoms with Gasteiger partial charge >= 0.3 is 0 Å². The van der Waals surface area contributed by atoms with Crippen molar-refractivity contribution in [3.63, 3.8) is 0 Å². The van der Waals surface area contributed by atoms with E-state index in [1.165, 1.54) is 19.3 Å². The summed E-state index contributed by atoms with van der Waals surface area (Å²) >= 11 is 0. The van der Waals surface area contributed by atoms with E-state index >= 15 is 0 Å². The molecule has 0 aromatic heterocycles. The van der Waals surface area contributed by atoms with Crippen molar-refractivity contribution >= 4 is 0 Å². The lowest BCUT2D eigenvalue weighted by Crippen LogP contribution is -2.33. The fraction of sp³-hybridized carbons (Fsp3) is 0.625. The van der Waals surface area contributed by atoms with Gasteiger partial charge in [-0.15, -0.1) is 0 Å². The van der Waals surface area contributed by atoms with E-state index in [4.69, 9.17) is 10.5 Å². The zero-order chi connectivity index (χ0) is 14.8. The van der Waals surface area contributed by atoms with Crippen molar-refractivity contribution in [3.8, 4) is 5.75 Å². The maximum absolute atomic E-state index is 9.95. The molecular weight excluding hydrogens is 252 g/mol. The van der Waals surface area contributed by atoms with Crippen LogP contribution in [-0.4, -0.2) is 42.9 Å². The van der Waals surface area contributed by atoms with E-state index in [1.807, 2.05) is 31.3 Å². The van der Waals surface area contributed by atoms with Crippen LogP contribution in [0.2, 0.25) is 0 Å². The first-order chi connectivity index (χ1) is 9.65. The topological polar surface area (TPSA) is 58.7 Å². The Kier molecular flexibility index (Phi) is 8.26. The summed E-state index contributed by atoms with van der Waals surface area (Å²) in [6, 6.07) is 7.66. The minimum Gasteiger partial charge on any atom is -0.491 e. The number of hydrogen-bond donors (Lipinski definition) is 2. The molecule has 4 nitrogen and oxygen atoms in total. The third-order valence-electron chi connectivity index (χ3n) is 3.27. The molecule has 1 aromatic rings. The molecule has 114 valence electrons. The van der Waals surface area contributed by atoms with E-state index in [2.05, 4.69) is 11.8 Å². The van der Waals surface area contributed by atoms with Crippen LogP contribution in [-0.2, 0) is 6.54 Å². The Balaban J connectivity index is 2.22. The van der Waals surface area contributed by atoms with Crippen LogP contribution in [0.1, 0.15) is 31.7 Å². The summed E-state index contributed by atoms with van der Waals surface area (Å²) in [6.45, 7) is 4.71. The number of benzene rings is 1. The monoisotopic (exact) mass is 280 g/mol. The lowest BCUT2D eigenvalue weighted by molar-refractivity contribution is 0.0759. The SMILES string of the molecule is CCCCCN(C)CC(O)COc1ccc(CN)cc1. The lowest BCUT2D eigenvalue weighted by Gasteiger charge is -2.20. The smallest absolute Gasteiger partial charge is 0.119 e.